The Hall–Kier alpha value is -2.77. The van der Waals surface area contributed by atoms with E-state index in [0.29, 0.717) is 35.2 Å². The first kappa shape index (κ1) is 12.3. The molecule has 8 nitrogen and oxygen atoms in total. The van der Waals surface area contributed by atoms with Gasteiger partial charge in [0.15, 0.2) is 11.5 Å². The van der Waals surface area contributed by atoms with Crippen LogP contribution in [0.4, 0.5) is 0 Å². The van der Waals surface area contributed by atoms with Crippen LogP contribution in [0.3, 0.4) is 0 Å². The summed E-state index contributed by atoms with van der Waals surface area (Å²) in [5, 5.41) is 20.6. The summed E-state index contributed by atoms with van der Waals surface area (Å²) in [7, 11) is 0. The van der Waals surface area contributed by atoms with Gasteiger partial charge in [-0.05, 0) is 12.1 Å². The number of aliphatic carboxylic acids is 1. The molecule has 0 aliphatic rings. The molecule has 0 amide bonds. The molecule has 0 unspecified atom stereocenters. The molecule has 3 heterocycles. The van der Waals surface area contributed by atoms with Crippen molar-refractivity contribution in [1.82, 2.24) is 24.7 Å². The van der Waals surface area contributed by atoms with Gasteiger partial charge in [-0.15, -0.1) is 10.2 Å². The number of carboxylic acids is 1. The number of fused-ring (bicyclic) bond motifs is 1. The van der Waals surface area contributed by atoms with Gasteiger partial charge in [-0.1, -0.05) is 12.1 Å². The highest BCUT2D eigenvalue weighted by atomic mass is 16.5. The van der Waals surface area contributed by atoms with Crippen molar-refractivity contribution in [2.45, 2.75) is 19.8 Å². The second kappa shape index (κ2) is 4.72. The summed E-state index contributed by atoms with van der Waals surface area (Å²) >= 11 is 0. The van der Waals surface area contributed by atoms with Crippen molar-refractivity contribution in [2.75, 3.05) is 0 Å². The molecular weight excluding hydrogens is 262 g/mol. The molecule has 3 aromatic rings. The van der Waals surface area contributed by atoms with Crippen molar-refractivity contribution in [3.63, 3.8) is 0 Å². The van der Waals surface area contributed by atoms with E-state index in [0.717, 1.165) is 0 Å². The largest absolute Gasteiger partial charge is 0.481 e. The second-order valence-corrected chi connectivity index (χ2v) is 4.17. The molecular formula is C12H11N5O3. The summed E-state index contributed by atoms with van der Waals surface area (Å²) in [6.07, 6.45) is 2.17. The summed E-state index contributed by atoms with van der Waals surface area (Å²) in [6.45, 7) is 1.93. The summed E-state index contributed by atoms with van der Waals surface area (Å²) in [5.74, 6) is 0.342. The van der Waals surface area contributed by atoms with E-state index in [-0.39, 0.29) is 6.42 Å². The number of aryl methyl sites for hydroxylation is 1. The quantitative estimate of drug-likeness (QED) is 0.754. The van der Waals surface area contributed by atoms with Crippen LogP contribution in [0.15, 0.2) is 22.9 Å². The number of rotatable bonds is 4. The van der Waals surface area contributed by atoms with Gasteiger partial charge in [-0.2, -0.15) is 4.98 Å². The lowest BCUT2D eigenvalue weighted by molar-refractivity contribution is -0.136. The topological polar surface area (TPSA) is 106 Å². The van der Waals surface area contributed by atoms with Crippen LogP contribution in [-0.4, -0.2) is 35.8 Å². The van der Waals surface area contributed by atoms with Crippen molar-refractivity contribution >= 4 is 11.6 Å². The molecule has 1 N–H and O–H groups in total. The van der Waals surface area contributed by atoms with E-state index in [1.54, 1.807) is 22.7 Å². The van der Waals surface area contributed by atoms with E-state index in [9.17, 15) is 4.79 Å². The summed E-state index contributed by atoms with van der Waals surface area (Å²) in [6, 6.07) is 3.54. The standard InChI is InChI=1S/C12H11N5O3/c1-2-8-13-12(20-16-8)7-4-3-5-17-9(6-10(18)19)14-15-11(7)17/h3-5H,2,6H2,1H3,(H,18,19). The van der Waals surface area contributed by atoms with E-state index in [1.165, 1.54) is 0 Å². The first-order chi connectivity index (χ1) is 9.69. The lowest BCUT2D eigenvalue weighted by Gasteiger charge is -1.99. The normalized spacial score (nSPS) is 11.1. The maximum absolute atomic E-state index is 10.8. The summed E-state index contributed by atoms with van der Waals surface area (Å²) < 4.78 is 6.79. The van der Waals surface area contributed by atoms with Crippen LogP contribution in [0.5, 0.6) is 0 Å². The third-order valence-electron chi connectivity index (χ3n) is 2.83. The third-order valence-corrected chi connectivity index (χ3v) is 2.83. The first-order valence-corrected chi connectivity index (χ1v) is 6.06. The van der Waals surface area contributed by atoms with Gasteiger partial charge in [-0.25, -0.2) is 0 Å². The van der Waals surface area contributed by atoms with Crippen LogP contribution in [0.25, 0.3) is 17.1 Å². The molecule has 0 aromatic carbocycles. The molecule has 0 aliphatic carbocycles. The summed E-state index contributed by atoms with van der Waals surface area (Å²) in [5.41, 5.74) is 1.12. The number of hydrogen-bond donors (Lipinski definition) is 1. The Morgan fingerprint density at radius 1 is 1.45 bits per heavy atom. The molecule has 102 valence electrons. The Balaban J connectivity index is 2.12. The van der Waals surface area contributed by atoms with Crippen molar-refractivity contribution in [3.8, 4) is 11.5 Å². The molecule has 0 fully saturated rings. The van der Waals surface area contributed by atoms with E-state index < -0.39 is 5.97 Å². The highest BCUT2D eigenvalue weighted by molar-refractivity contribution is 5.73. The Morgan fingerprint density at radius 2 is 2.30 bits per heavy atom. The van der Waals surface area contributed by atoms with Gasteiger partial charge in [0.25, 0.3) is 5.89 Å². The Morgan fingerprint density at radius 3 is 3.00 bits per heavy atom. The molecule has 3 rings (SSSR count). The highest BCUT2D eigenvalue weighted by Crippen LogP contribution is 2.22. The zero-order chi connectivity index (χ0) is 14.1. The molecule has 0 bridgehead atoms. The average molecular weight is 273 g/mol. The van der Waals surface area contributed by atoms with Crippen molar-refractivity contribution < 1.29 is 14.4 Å². The molecule has 0 radical (unpaired) electrons. The van der Waals surface area contributed by atoms with Crippen LogP contribution in [0, 0.1) is 0 Å². The SMILES string of the molecule is CCc1noc(-c2cccn3c(CC(=O)O)nnc23)n1. The second-order valence-electron chi connectivity index (χ2n) is 4.17. The lowest BCUT2D eigenvalue weighted by Crippen LogP contribution is -2.04. The van der Waals surface area contributed by atoms with E-state index in [2.05, 4.69) is 20.3 Å². The van der Waals surface area contributed by atoms with Crippen molar-refractivity contribution in [1.29, 1.82) is 0 Å². The predicted molar refractivity (Wildman–Crippen MR) is 67.0 cm³/mol. The Bertz CT molecular complexity index is 776. The first-order valence-electron chi connectivity index (χ1n) is 6.06. The fourth-order valence-corrected chi connectivity index (χ4v) is 1.89. The Kier molecular flexibility index (Phi) is 2.90. The minimum atomic E-state index is -0.962. The monoisotopic (exact) mass is 273 g/mol. The minimum absolute atomic E-state index is 0.200. The van der Waals surface area contributed by atoms with E-state index >= 15 is 0 Å². The van der Waals surface area contributed by atoms with Crippen LogP contribution in [-0.2, 0) is 17.6 Å². The molecule has 0 saturated carbocycles. The van der Waals surface area contributed by atoms with E-state index in [1.807, 2.05) is 6.92 Å². The number of pyridine rings is 1. The average Bonchev–Trinajstić information content (AvgIpc) is 3.05. The number of nitrogens with zero attached hydrogens (tertiary/aromatic N) is 5. The third kappa shape index (κ3) is 2.00. The van der Waals surface area contributed by atoms with Gasteiger partial charge in [0.05, 0.1) is 5.56 Å². The fraction of sp³-hybridized carbons (Fsp3) is 0.250. The van der Waals surface area contributed by atoms with Gasteiger partial charge < -0.3 is 9.63 Å². The molecule has 0 aliphatic heterocycles. The summed E-state index contributed by atoms with van der Waals surface area (Å²) in [4.78, 5) is 15.0. The van der Waals surface area contributed by atoms with Gasteiger partial charge in [0.1, 0.15) is 12.2 Å². The zero-order valence-electron chi connectivity index (χ0n) is 10.6. The van der Waals surface area contributed by atoms with Gasteiger partial charge in [-0.3, -0.25) is 9.20 Å². The number of carboxylic acid groups (broad SMARTS) is 1. The smallest absolute Gasteiger partial charge is 0.311 e. The number of hydrogen-bond acceptors (Lipinski definition) is 6. The van der Waals surface area contributed by atoms with Crippen LogP contribution in [0.2, 0.25) is 0 Å². The van der Waals surface area contributed by atoms with Gasteiger partial charge in [0, 0.05) is 12.6 Å². The van der Waals surface area contributed by atoms with E-state index in [4.69, 9.17) is 9.63 Å². The van der Waals surface area contributed by atoms with Crippen LogP contribution in [0.1, 0.15) is 18.6 Å². The Labute approximate surface area is 113 Å². The predicted octanol–water partition coefficient (Wildman–Crippen LogP) is 0.969. The molecule has 0 saturated heterocycles. The molecule has 0 atom stereocenters. The van der Waals surface area contributed by atoms with Gasteiger partial charge >= 0.3 is 5.97 Å². The van der Waals surface area contributed by atoms with Crippen molar-refractivity contribution in [2.24, 2.45) is 0 Å². The number of aromatic nitrogens is 5. The molecule has 20 heavy (non-hydrogen) atoms. The number of carbonyl (C=O) groups is 1. The highest BCUT2D eigenvalue weighted by Gasteiger charge is 2.16. The zero-order valence-corrected chi connectivity index (χ0v) is 10.6. The van der Waals surface area contributed by atoms with Crippen LogP contribution < -0.4 is 0 Å². The van der Waals surface area contributed by atoms with Gasteiger partial charge in [0.2, 0.25) is 0 Å². The lowest BCUT2D eigenvalue weighted by atomic mass is 10.2. The maximum Gasteiger partial charge on any atom is 0.311 e. The van der Waals surface area contributed by atoms with Crippen molar-refractivity contribution in [3.05, 3.63) is 30.0 Å². The minimum Gasteiger partial charge on any atom is -0.481 e. The fourth-order valence-electron chi connectivity index (χ4n) is 1.89. The van der Waals surface area contributed by atoms with Crippen LogP contribution >= 0.6 is 0 Å². The molecule has 0 spiro atoms. The molecule has 8 heteroatoms. The maximum atomic E-state index is 10.8. The molecule has 3 aromatic heterocycles.